The number of fused-ring (bicyclic) bond motifs is 1. The van der Waals surface area contributed by atoms with Crippen molar-refractivity contribution in [1.29, 1.82) is 0 Å². The van der Waals surface area contributed by atoms with Crippen molar-refractivity contribution in [3.63, 3.8) is 0 Å². The summed E-state index contributed by atoms with van der Waals surface area (Å²) in [6, 6.07) is 4.74. The fraction of sp³-hybridized carbons (Fsp3) is 0.391. The number of aliphatic hydroxyl groups excluding tert-OH is 1. The number of aromatic nitrogens is 2. The van der Waals surface area contributed by atoms with E-state index in [0.29, 0.717) is 34.5 Å². The Balaban J connectivity index is 1.72. The Kier molecular flexibility index (Phi) is 6.18. The van der Waals surface area contributed by atoms with Gasteiger partial charge in [-0.3, -0.25) is 0 Å². The molecule has 1 saturated carbocycles. The summed E-state index contributed by atoms with van der Waals surface area (Å²) >= 11 is 0. The minimum absolute atomic E-state index is 0.0229. The molecule has 1 fully saturated rings. The number of hydrogen-bond donors (Lipinski definition) is 3. The van der Waals surface area contributed by atoms with E-state index in [-0.39, 0.29) is 23.7 Å². The van der Waals surface area contributed by atoms with Crippen LogP contribution in [0.3, 0.4) is 0 Å². The van der Waals surface area contributed by atoms with Crippen LogP contribution in [0.2, 0.25) is 0 Å². The van der Waals surface area contributed by atoms with Crippen molar-refractivity contribution in [2.24, 2.45) is 0 Å². The summed E-state index contributed by atoms with van der Waals surface area (Å²) in [5.41, 5.74) is 0.859. The molecule has 1 aliphatic rings. The largest absolute Gasteiger partial charge is 0.504 e. The smallest absolute Gasteiger partial charge is 0.223 e. The van der Waals surface area contributed by atoms with E-state index in [1.807, 2.05) is 0 Å². The number of hydrogen-bond acceptors (Lipinski definition) is 6. The minimum atomic E-state index is -0.889. The standard InChI is InChI=1S/C23H25F2N3O3/c1-13(29)9-17-21-14(12-26-23(28-21)27-16-5-3-2-4-6-16)10-20(22(17)30)31-19-8-7-15(24)11-18(19)25/h7-8,10-13,16,29-30H,2-6,9H2,1H3,(H,26,27,28)/t13-/m0/s1. The second kappa shape index (κ2) is 9.01. The third kappa shape index (κ3) is 4.85. The summed E-state index contributed by atoms with van der Waals surface area (Å²) in [4.78, 5) is 8.97. The lowest BCUT2D eigenvalue weighted by atomic mass is 9.96. The van der Waals surface area contributed by atoms with Gasteiger partial charge in [0.1, 0.15) is 5.82 Å². The lowest BCUT2D eigenvalue weighted by Crippen LogP contribution is -2.23. The van der Waals surface area contributed by atoms with E-state index < -0.39 is 17.7 Å². The highest BCUT2D eigenvalue weighted by molar-refractivity contribution is 5.87. The fourth-order valence-corrected chi connectivity index (χ4v) is 3.95. The summed E-state index contributed by atoms with van der Waals surface area (Å²) in [5.74, 6) is -1.65. The maximum atomic E-state index is 14.0. The first-order valence-electron chi connectivity index (χ1n) is 10.5. The van der Waals surface area contributed by atoms with Crippen LogP contribution in [0.25, 0.3) is 10.9 Å². The molecule has 164 valence electrons. The van der Waals surface area contributed by atoms with E-state index in [1.165, 1.54) is 25.3 Å². The molecule has 1 aliphatic carbocycles. The Labute approximate surface area is 178 Å². The van der Waals surface area contributed by atoms with Crippen LogP contribution in [0, 0.1) is 11.6 Å². The summed E-state index contributed by atoms with van der Waals surface area (Å²) in [6.45, 7) is 1.60. The lowest BCUT2D eigenvalue weighted by molar-refractivity contribution is 0.194. The average molecular weight is 429 g/mol. The first-order valence-corrected chi connectivity index (χ1v) is 10.5. The molecule has 1 atom stereocenters. The molecule has 2 aromatic carbocycles. The summed E-state index contributed by atoms with van der Waals surface area (Å²) in [6.07, 6.45) is 6.65. The molecule has 0 bridgehead atoms. The van der Waals surface area contributed by atoms with E-state index in [9.17, 15) is 19.0 Å². The Hall–Kier alpha value is -3.00. The number of phenolic OH excluding ortho intramolecular Hbond substituents is 1. The third-order valence-corrected chi connectivity index (χ3v) is 5.46. The van der Waals surface area contributed by atoms with E-state index in [2.05, 4.69) is 15.3 Å². The van der Waals surface area contributed by atoms with Crippen molar-refractivity contribution in [2.75, 3.05) is 5.32 Å². The predicted octanol–water partition coefficient (Wildman–Crippen LogP) is 5.07. The Morgan fingerprint density at radius 1 is 1.16 bits per heavy atom. The Morgan fingerprint density at radius 2 is 1.94 bits per heavy atom. The monoisotopic (exact) mass is 429 g/mol. The Bertz CT molecular complexity index is 1090. The van der Waals surface area contributed by atoms with Gasteiger partial charge in [-0.25, -0.2) is 18.7 Å². The van der Waals surface area contributed by atoms with Gasteiger partial charge in [-0.05, 0) is 38.0 Å². The van der Waals surface area contributed by atoms with Crippen LogP contribution in [-0.4, -0.2) is 32.3 Å². The molecule has 0 spiro atoms. The number of phenols is 1. The normalized spacial score (nSPS) is 15.7. The fourth-order valence-electron chi connectivity index (χ4n) is 3.95. The van der Waals surface area contributed by atoms with Crippen LogP contribution in [0.4, 0.5) is 14.7 Å². The Morgan fingerprint density at radius 3 is 2.65 bits per heavy atom. The van der Waals surface area contributed by atoms with Gasteiger partial charge in [0.15, 0.2) is 23.1 Å². The van der Waals surface area contributed by atoms with Crippen molar-refractivity contribution in [1.82, 2.24) is 9.97 Å². The van der Waals surface area contributed by atoms with Crippen molar-refractivity contribution in [3.05, 3.63) is 47.7 Å². The van der Waals surface area contributed by atoms with Crippen LogP contribution >= 0.6 is 0 Å². The lowest BCUT2D eigenvalue weighted by Gasteiger charge is -2.23. The van der Waals surface area contributed by atoms with Gasteiger partial charge in [0.05, 0.1) is 11.6 Å². The molecule has 0 aliphatic heterocycles. The van der Waals surface area contributed by atoms with Gasteiger partial charge >= 0.3 is 0 Å². The molecule has 8 heteroatoms. The number of aliphatic hydroxyl groups is 1. The summed E-state index contributed by atoms with van der Waals surface area (Å²) in [5, 5.41) is 24.7. The topological polar surface area (TPSA) is 87.5 Å². The van der Waals surface area contributed by atoms with Gasteiger partial charge in [-0.15, -0.1) is 0 Å². The van der Waals surface area contributed by atoms with Crippen molar-refractivity contribution in [3.8, 4) is 17.2 Å². The van der Waals surface area contributed by atoms with Crippen LogP contribution in [0.15, 0.2) is 30.5 Å². The van der Waals surface area contributed by atoms with E-state index >= 15 is 0 Å². The molecular formula is C23H25F2N3O3. The van der Waals surface area contributed by atoms with Crippen molar-refractivity contribution >= 4 is 16.9 Å². The van der Waals surface area contributed by atoms with Crippen molar-refractivity contribution in [2.45, 2.75) is 57.6 Å². The highest BCUT2D eigenvalue weighted by atomic mass is 19.1. The molecule has 0 radical (unpaired) electrons. The van der Waals surface area contributed by atoms with Gasteiger partial charge in [0.25, 0.3) is 0 Å². The molecule has 4 rings (SSSR count). The quantitative estimate of drug-likeness (QED) is 0.507. The van der Waals surface area contributed by atoms with Crippen LogP contribution < -0.4 is 10.1 Å². The van der Waals surface area contributed by atoms with E-state index in [4.69, 9.17) is 4.74 Å². The second-order valence-corrected chi connectivity index (χ2v) is 8.04. The summed E-state index contributed by atoms with van der Waals surface area (Å²) in [7, 11) is 0. The number of ether oxygens (including phenoxy) is 1. The zero-order chi connectivity index (χ0) is 22.0. The number of rotatable bonds is 6. The number of nitrogens with one attached hydrogen (secondary N) is 1. The summed E-state index contributed by atoms with van der Waals surface area (Å²) < 4.78 is 32.8. The van der Waals surface area contributed by atoms with E-state index in [0.717, 1.165) is 25.0 Å². The number of nitrogens with zero attached hydrogens (tertiary/aromatic N) is 2. The molecule has 1 aromatic heterocycles. The van der Waals surface area contributed by atoms with Crippen LogP contribution in [0.1, 0.15) is 44.6 Å². The highest BCUT2D eigenvalue weighted by Gasteiger charge is 2.20. The molecular weight excluding hydrogens is 404 g/mol. The number of anilines is 1. The molecule has 31 heavy (non-hydrogen) atoms. The zero-order valence-corrected chi connectivity index (χ0v) is 17.2. The average Bonchev–Trinajstić information content (AvgIpc) is 2.74. The molecule has 1 heterocycles. The number of aromatic hydroxyl groups is 1. The van der Waals surface area contributed by atoms with E-state index in [1.54, 1.807) is 13.1 Å². The molecule has 3 aromatic rings. The van der Waals surface area contributed by atoms with Gasteiger partial charge < -0.3 is 20.3 Å². The molecule has 0 unspecified atom stereocenters. The maximum Gasteiger partial charge on any atom is 0.223 e. The first-order chi connectivity index (χ1) is 14.9. The van der Waals surface area contributed by atoms with Gasteiger partial charge in [0.2, 0.25) is 5.95 Å². The van der Waals surface area contributed by atoms with Gasteiger partial charge in [-0.2, -0.15) is 0 Å². The predicted molar refractivity (Wildman–Crippen MR) is 114 cm³/mol. The minimum Gasteiger partial charge on any atom is -0.504 e. The first kappa shape index (κ1) is 21.2. The number of halogens is 2. The van der Waals surface area contributed by atoms with Crippen LogP contribution in [-0.2, 0) is 6.42 Å². The maximum absolute atomic E-state index is 14.0. The SMILES string of the molecule is C[C@H](O)Cc1c(O)c(Oc2ccc(F)cc2F)cc2cnc(NC3CCCCC3)nc12. The molecule has 0 amide bonds. The molecule has 0 saturated heterocycles. The molecule has 3 N–H and O–H groups in total. The zero-order valence-electron chi connectivity index (χ0n) is 17.2. The van der Waals surface area contributed by atoms with Gasteiger partial charge in [-0.1, -0.05) is 19.3 Å². The second-order valence-electron chi connectivity index (χ2n) is 8.04. The van der Waals surface area contributed by atoms with Gasteiger partial charge in [0, 0.05) is 35.7 Å². The number of benzene rings is 2. The molecule has 6 nitrogen and oxygen atoms in total. The third-order valence-electron chi connectivity index (χ3n) is 5.46. The van der Waals surface area contributed by atoms with Crippen molar-refractivity contribution < 1.29 is 23.7 Å². The highest BCUT2D eigenvalue weighted by Crippen LogP contribution is 2.40. The van der Waals surface area contributed by atoms with Crippen LogP contribution in [0.5, 0.6) is 17.2 Å².